The van der Waals surface area contributed by atoms with Crippen LogP contribution in [0.4, 0.5) is 5.69 Å². The fourth-order valence-corrected chi connectivity index (χ4v) is 2.47. The minimum atomic E-state index is 0.331. The molecule has 0 spiro atoms. The standard InChI is InChI=1S/C14H17N3O/c1-10-8-11(6-7-18-10)16-14-9-15-17-13-5-3-2-4-12(13)14/h2-5,9-11H,6-8H2,1H3,(H,16,17). The van der Waals surface area contributed by atoms with Crippen LogP contribution in [0, 0.1) is 0 Å². The minimum Gasteiger partial charge on any atom is -0.380 e. The van der Waals surface area contributed by atoms with Crippen LogP contribution in [0.2, 0.25) is 0 Å². The first-order chi connectivity index (χ1) is 8.83. The van der Waals surface area contributed by atoms with Crippen LogP contribution in [-0.2, 0) is 4.74 Å². The van der Waals surface area contributed by atoms with Gasteiger partial charge in [-0.2, -0.15) is 10.2 Å². The van der Waals surface area contributed by atoms with Gasteiger partial charge >= 0.3 is 0 Å². The zero-order valence-corrected chi connectivity index (χ0v) is 10.5. The summed E-state index contributed by atoms with van der Waals surface area (Å²) in [6.45, 7) is 2.95. The Balaban J connectivity index is 1.86. The van der Waals surface area contributed by atoms with Crippen LogP contribution in [0.3, 0.4) is 0 Å². The second-order valence-electron chi connectivity index (χ2n) is 4.82. The molecule has 1 aliphatic rings. The first-order valence-electron chi connectivity index (χ1n) is 6.41. The molecule has 2 atom stereocenters. The van der Waals surface area contributed by atoms with E-state index in [0.29, 0.717) is 12.1 Å². The van der Waals surface area contributed by atoms with Crippen molar-refractivity contribution in [3.63, 3.8) is 0 Å². The molecule has 1 saturated heterocycles. The quantitative estimate of drug-likeness (QED) is 0.880. The Labute approximate surface area is 106 Å². The average Bonchev–Trinajstić information content (AvgIpc) is 2.39. The molecule has 2 aromatic rings. The third-order valence-corrected chi connectivity index (χ3v) is 3.39. The van der Waals surface area contributed by atoms with Crippen molar-refractivity contribution in [3.05, 3.63) is 30.5 Å². The van der Waals surface area contributed by atoms with Gasteiger partial charge in [-0.1, -0.05) is 18.2 Å². The molecule has 1 fully saturated rings. The summed E-state index contributed by atoms with van der Waals surface area (Å²) in [5.41, 5.74) is 2.00. The summed E-state index contributed by atoms with van der Waals surface area (Å²) < 4.78 is 5.57. The summed E-state index contributed by atoms with van der Waals surface area (Å²) in [6, 6.07) is 8.54. The molecule has 0 saturated carbocycles. The smallest absolute Gasteiger partial charge is 0.0950 e. The maximum absolute atomic E-state index is 5.57. The molecule has 4 nitrogen and oxygen atoms in total. The summed E-state index contributed by atoms with van der Waals surface area (Å²) in [4.78, 5) is 0. The molecule has 94 valence electrons. The Hall–Kier alpha value is -1.68. The summed E-state index contributed by atoms with van der Waals surface area (Å²) >= 11 is 0. The molecule has 2 unspecified atom stereocenters. The van der Waals surface area contributed by atoms with Crippen molar-refractivity contribution in [2.75, 3.05) is 11.9 Å². The number of benzene rings is 1. The van der Waals surface area contributed by atoms with E-state index in [-0.39, 0.29) is 0 Å². The number of anilines is 1. The molecule has 1 aromatic heterocycles. The number of nitrogens with zero attached hydrogens (tertiary/aromatic N) is 2. The van der Waals surface area contributed by atoms with Gasteiger partial charge in [-0.3, -0.25) is 0 Å². The van der Waals surface area contributed by atoms with Gasteiger partial charge in [0, 0.05) is 18.0 Å². The lowest BCUT2D eigenvalue weighted by Gasteiger charge is -2.28. The second kappa shape index (κ2) is 4.90. The lowest BCUT2D eigenvalue weighted by Crippen LogP contribution is -2.32. The number of fused-ring (bicyclic) bond motifs is 1. The summed E-state index contributed by atoms with van der Waals surface area (Å²) in [7, 11) is 0. The van der Waals surface area contributed by atoms with Crippen LogP contribution in [0.25, 0.3) is 10.9 Å². The first-order valence-corrected chi connectivity index (χ1v) is 6.41. The average molecular weight is 243 g/mol. The van der Waals surface area contributed by atoms with E-state index in [1.54, 1.807) is 0 Å². The Morgan fingerprint density at radius 2 is 2.22 bits per heavy atom. The fourth-order valence-electron chi connectivity index (χ4n) is 2.47. The van der Waals surface area contributed by atoms with Crippen molar-refractivity contribution in [2.45, 2.75) is 31.9 Å². The molecule has 1 aromatic carbocycles. The van der Waals surface area contributed by atoms with Gasteiger partial charge in [0.05, 0.1) is 23.5 Å². The fraction of sp³-hybridized carbons (Fsp3) is 0.429. The molecule has 0 radical (unpaired) electrons. The van der Waals surface area contributed by atoms with E-state index in [4.69, 9.17) is 4.74 Å². The number of rotatable bonds is 2. The van der Waals surface area contributed by atoms with E-state index >= 15 is 0 Å². The zero-order valence-electron chi connectivity index (χ0n) is 10.5. The molecule has 2 heterocycles. The van der Waals surface area contributed by atoms with E-state index in [9.17, 15) is 0 Å². The predicted octanol–water partition coefficient (Wildman–Crippen LogP) is 2.61. The van der Waals surface area contributed by atoms with Crippen molar-refractivity contribution < 1.29 is 4.74 Å². The highest BCUT2D eigenvalue weighted by atomic mass is 16.5. The molecule has 18 heavy (non-hydrogen) atoms. The maximum atomic E-state index is 5.57. The predicted molar refractivity (Wildman–Crippen MR) is 71.6 cm³/mol. The lowest BCUT2D eigenvalue weighted by molar-refractivity contribution is 0.0232. The molecular weight excluding hydrogens is 226 g/mol. The van der Waals surface area contributed by atoms with Gasteiger partial charge in [-0.05, 0) is 25.8 Å². The molecule has 0 aliphatic carbocycles. The highest BCUT2D eigenvalue weighted by molar-refractivity contribution is 5.90. The van der Waals surface area contributed by atoms with Crippen molar-refractivity contribution in [2.24, 2.45) is 0 Å². The van der Waals surface area contributed by atoms with Crippen LogP contribution < -0.4 is 5.32 Å². The van der Waals surface area contributed by atoms with Crippen LogP contribution in [0.1, 0.15) is 19.8 Å². The van der Waals surface area contributed by atoms with Crippen molar-refractivity contribution in [3.8, 4) is 0 Å². The monoisotopic (exact) mass is 243 g/mol. The zero-order chi connectivity index (χ0) is 12.4. The summed E-state index contributed by atoms with van der Waals surface area (Å²) in [6.07, 6.45) is 4.22. The maximum Gasteiger partial charge on any atom is 0.0950 e. The van der Waals surface area contributed by atoms with E-state index in [2.05, 4.69) is 28.5 Å². The molecule has 4 heteroatoms. The normalized spacial score (nSPS) is 24.1. The van der Waals surface area contributed by atoms with Gasteiger partial charge in [0.1, 0.15) is 0 Å². The molecule has 1 aliphatic heterocycles. The van der Waals surface area contributed by atoms with Gasteiger partial charge in [-0.15, -0.1) is 0 Å². The minimum absolute atomic E-state index is 0.331. The topological polar surface area (TPSA) is 47.0 Å². The van der Waals surface area contributed by atoms with E-state index in [1.807, 2.05) is 24.4 Å². The van der Waals surface area contributed by atoms with Crippen LogP contribution >= 0.6 is 0 Å². The van der Waals surface area contributed by atoms with Gasteiger partial charge in [-0.25, -0.2) is 0 Å². The Morgan fingerprint density at radius 1 is 1.33 bits per heavy atom. The number of aromatic nitrogens is 2. The van der Waals surface area contributed by atoms with E-state index < -0.39 is 0 Å². The SMILES string of the molecule is CC1CC(Nc2cnnc3ccccc23)CCO1. The third-order valence-electron chi connectivity index (χ3n) is 3.39. The number of nitrogens with one attached hydrogen (secondary N) is 1. The van der Waals surface area contributed by atoms with Gasteiger partial charge in [0.2, 0.25) is 0 Å². The van der Waals surface area contributed by atoms with Crippen molar-refractivity contribution in [1.29, 1.82) is 0 Å². The second-order valence-corrected chi connectivity index (χ2v) is 4.82. The highest BCUT2D eigenvalue weighted by Crippen LogP contribution is 2.23. The Bertz CT molecular complexity index is 538. The highest BCUT2D eigenvalue weighted by Gasteiger charge is 2.19. The molecular formula is C14H17N3O. The van der Waals surface area contributed by atoms with Crippen LogP contribution in [0.5, 0.6) is 0 Å². The largest absolute Gasteiger partial charge is 0.380 e. The van der Waals surface area contributed by atoms with Gasteiger partial charge in [0.25, 0.3) is 0 Å². The molecule has 3 rings (SSSR count). The lowest BCUT2D eigenvalue weighted by atomic mass is 10.0. The molecule has 0 bridgehead atoms. The van der Waals surface area contributed by atoms with Gasteiger partial charge < -0.3 is 10.1 Å². The first kappa shape index (κ1) is 11.4. The number of hydrogen-bond acceptors (Lipinski definition) is 4. The molecule has 0 amide bonds. The van der Waals surface area contributed by atoms with Crippen molar-refractivity contribution >= 4 is 16.6 Å². The number of ether oxygens (including phenoxy) is 1. The van der Waals surface area contributed by atoms with Crippen LogP contribution in [0.15, 0.2) is 30.5 Å². The van der Waals surface area contributed by atoms with Crippen molar-refractivity contribution in [1.82, 2.24) is 10.2 Å². The summed E-state index contributed by atoms with van der Waals surface area (Å²) in [5.74, 6) is 0. The summed E-state index contributed by atoms with van der Waals surface area (Å²) in [5, 5.41) is 12.9. The Morgan fingerprint density at radius 3 is 3.11 bits per heavy atom. The van der Waals surface area contributed by atoms with E-state index in [1.165, 1.54) is 0 Å². The third kappa shape index (κ3) is 2.29. The Kier molecular flexibility index (Phi) is 3.11. The van der Waals surface area contributed by atoms with Gasteiger partial charge in [0.15, 0.2) is 0 Å². The van der Waals surface area contributed by atoms with Crippen LogP contribution in [-0.4, -0.2) is 29.0 Å². The number of hydrogen-bond donors (Lipinski definition) is 1. The molecule has 1 N–H and O–H groups in total. The van der Waals surface area contributed by atoms with E-state index in [0.717, 1.165) is 36.0 Å².